The third-order valence-electron chi connectivity index (χ3n) is 2.43. The lowest BCUT2D eigenvalue weighted by atomic mass is 10.4. The highest BCUT2D eigenvalue weighted by atomic mass is 35.5. The minimum Gasteiger partial charge on any atom is -0.258 e. The summed E-state index contributed by atoms with van der Waals surface area (Å²) in [5.74, 6) is 0. The van der Waals surface area contributed by atoms with Crippen LogP contribution in [-0.4, -0.2) is 23.6 Å². The fourth-order valence-corrected chi connectivity index (χ4v) is 2.70. The number of rotatable bonds is 4. The SMILES string of the molecule is CCC(C)S(=O)(=O)c1cnc(Cl)c([N+](=O)[O-])c1. The van der Waals surface area contributed by atoms with Gasteiger partial charge in [-0.3, -0.25) is 10.1 Å². The number of sulfone groups is 1. The lowest BCUT2D eigenvalue weighted by Gasteiger charge is -2.09. The van der Waals surface area contributed by atoms with Crippen LogP contribution in [0.5, 0.6) is 0 Å². The van der Waals surface area contributed by atoms with Gasteiger partial charge in [-0.05, 0) is 13.3 Å². The number of hydrogen-bond acceptors (Lipinski definition) is 5. The molecule has 1 heterocycles. The van der Waals surface area contributed by atoms with Gasteiger partial charge in [-0.25, -0.2) is 13.4 Å². The molecule has 0 spiro atoms. The van der Waals surface area contributed by atoms with Crippen LogP contribution < -0.4 is 0 Å². The van der Waals surface area contributed by atoms with E-state index in [9.17, 15) is 18.5 Å². The largest absolute Gasteiger partial charge is 0.307 e. The van der Waals surface area contributed by atoms with Crippen LogP contribution in [0.25, 0.3) is 0 Å². The molecule has 1 aromatic rings. The standard InChI is InChI=1S/C9H11ClN2O4S/c1-3-6(2)17(15,16)7-4-8(12(13)14)9(10)11-5-7/h4-6H,3H2,1-2H3. The quantitative estimate of drug-likeness (QED) is 0.478. The highest BCUT2D eigenvalue weighted by molar-refractivity contribution is 7.92. The Bertz CT molecular complexity index is 544. The molecule has 17 heavy (non-hydrogen) atoms. The van der Waals surface area contributed by atoms with Gasteiger partial charge in [0.1, 0.15) is 0 Å². The first-order chi connectivity index (χ1) is 7.80. The predicted molar refractivity (Wildman–Crippen MR) is 62.8 cm³/mol. The molecule has 0 aromatic carbocycles. The van der Waals surface area contributed by atoms with Crippen molar-refractivity contribution in [2.45, 2.75) is 30.4 Å². The number of nitro groups is 1. The molecule has 94 valence electrons. The molecule has 1 atom stereocenters. The maximum Gasteiger partial charge on any atom is 0.307 e. The molecule has 0 fully saturated rings. The average Bonchev–Trinajstić information content (AvgIpc) is 2.27. The van der Waals surface area contributed by atoms with Gasteiger partial charge in [0.05, 0.1) is 15.1 Å². The fourth-order valence-electron chi connectivity index (χ4n) is 1.15. The van der Waals surface area contributed by atoms with E-state index < -0.39 is 25.7 Å². The Labute approximate surface area is 104 Å². The van der Waals surface area contributed by atoms with E-state index in [4.69, 9.17) is 11.6 Å². The molecule has 0 aliphatic carbocycles. The third-order valence-corrected chi connectivity index (χ3v) is 4.99. The second-order valence-electron chi connectivity index (χ2n) is 3.50. The van der Waals surface area contributed by atoms with Crippen molar-refractivity contribution < 1.29 is 13.3 Å². The fraction of sp³-hybridized carbons (Fsp3) is 0.444. The van der Waals surface area contributed by atoms with Crippen molar-refractivity contribution in [1.29, 1.82) is 0 Å². The Kier molecular flexibility index (Phi) is 4.05. The molecular formula is C9H11ClN2O4S. The zero-order valence-electron chi connectivity index (χ0n) is 9.25. The van der Waals surface area contributed by atoms with Crippen LogP contribution in [0.4, 0.5) is 5.69 Å². The van der Waals surface area contributed by atoms with E-state index in [1.807, 2.05) is 0 Å². The zero-order valence-corrected chi connectivity index (χ0v) is 10.8. The smallest absolute Gasteiger partial charge is 0.258 e. The average molecular weight is 279 g/mol. The van der Waals surface area contributed by atoms with Crippen molar-refractivity contribution in [2.75, 3.05) is 0 Å². The summed E-state index contributed by atoms with van der Waals surface area (Å²) in [6.07, 6.45) is 1.45. The summed E-state index contributed by atoms with van der Waals surface area (Å²) in [6.45, 7) is 3.26. The maximum atomic E-state index is 11.9. The first-order valence-corrected chi connectivity index (χ1v) is 6.77. The van der Waals surface area contributed by atoms with Gasteiger partial charge in [0.2, 0.25) is 5.15 Å². The van der Waals surface area contributed by atoms with E-state index >= 15 is 0 Å². The van der Waals surface area contributed by atoms with Crippen molar-refractivity contribution in [3.63, 3.8) is 0 Å². The van der Waals surface area contributed by atoms with Crippen LogP contribution in [0.1, 0.15) is 20.3 Å². The molecule has 8 heteroatoms. The van der Waals surface area contributed by atoms with E-state index in [0.717, 1.165) is 12.3 Å². The molecule has 0 bridgehead atoms. The Morgan fingerprint density at radius 3 is 2.65 bits per heavy atom. The van der Waals surface area contributed by atoms with E-state index in [-0.39, 0.29) is 10.0 Å². The van der Waals surface area contributed by atoms with Gasteiger partial charge < -0.3 is 0 Å². The molecule has 0 amide bonds. The normalized spacial score (nSPS) is 13.4. The molecule has 0 saturated carbocycles. The topological polar surface area (TPSA) is 90.2 Å². The summed E-state index contributed by atoms with van der Waals surface area (Å²) in [5.41, 5.74) is -0.504. The van der Waals surface area contributed by atoms with Crippen molar-refractivity contribution in [3.05, 3.63) is 27.5 Å². The highest BCUT2D eigenvalue weighted by Gasteiger charge is 2.25. The Morgan fingerprint density at radius 2 is 2.18 bits per heavy atom. The summed E-state index contributed by atoms with van der Waals surface area (Å²) in [5, 5.41) is 9.69. The second-order valence-corrected chi connectivity index (χ2v) is 6.23. The molecule has 6 nitrogen and oxygen atoms in total. The predicted octanol–water partition coefficient (Wildman–Crippen LogP) is 2.22. The van der Waals surface area contributed by atoms with Gasteiger partial charge >= 0.3 is 5.69 Å². The lowest BCUT2D eigenvalue weighted by Crippen LogP contribution is -2.17. The highest BCUT2D eigenvalue weighted by Crippen LogP contribution is 2.26. The number of halogens is 1. The van der Waals surface area contributed by atoms with Gasteiger partial charge in [0.25, 0.3) is 0 Å². The van der Waals surface area contributed by atoms with E-state index in [1.165, 1.54) is 6.92 Å². The minimum atomic E-state index is -3.59. The molecule has 1 aromatic heterocycles. The van der Waals surface area contributed by atoms with Crippen LogP contribution in [0.3, 0.4) is 0 Å². The minimum absolute atomic E-state index is 0.178. The van der Waals surface area contributed by atoms with Crippen LogP contribution >= 0.6 is 11.6 Å². The summed E-state index contributed by atoms with van der Waals surface area (Å²) < 4.78 is 23.9. The maximum absolute atomic E-state index is 11.9. The third kappa shape index (κ3) is 2.73. The van der Waals surface area contributed by atoms with Gasteiger partial charge in [-0.15, -0.1) is 0 Å². The first kappa shape index (κ1) is 13.9. The van der Waals surface area contributed by atoms with Crippen molar-refractivity contribution in [2.24, 2.45) is 0 Å². The molecule has 1 rings (SSSR count). The van der Waals surface area contributed by atoms with Crippen LogP contribution in [0.15, 0.2) is 17.2 Å². The number of pyridine rings is 1. The Morgan fingerprint density at radius 1 is 1.59 bits per heavy atom. The number of aromatic nitrogens is 1. The number of nitrogens with zero attached hydrogens (tertiary/aromatic N) is 2. The summed E-state index contributed by atoms with van der Waals surface area (Å²) in [7, 11) is -3.59. The summed E-state index contributed by atoms with van der Waals surface area (Å²) >= 11 is 5.51. The Hall–Kier alpha value is -1.21. The summed E-state index contributed by atoms with van der Waals surface area (Å²) in [4.78, 5) is 13.2. The summed E-state index contributed by atoms with van der Waals surface area (Å²) in [6, 6.07) is 0.941. The molecule has 0 saturated heterocycles. The van der Waals surface area contributed by atoms with E-state index in [2.05, 4.69) is 4.98 Å². The Balaban J connectivity index is 3.35. The molecule has 0 N–H and O–H groups in total. The van der Waals surface area contributed by atoms with Gasteiger partial charge in [0, 0.05) is 12.3 Å². The van der Waals surface area contributed by atoms with E-state index in [0.29, 0.717) is 6.42 Å². The lowest BCUT2D eigenvalue weighted by molar-refractivity contribution is -0.385. The van der Waals surface area contributed by atoms with Gasteiger partial charge in [-0.1, -0.05) is 18.5 Å². The van der Waals surface area contributed by atoms with Crippen LogP contribution in [-0.2, 0) is 9.84 Å². The van der Waals surface area contributed by atoms with Crippen molar-refractivity contribution in [1.82, 2.24) is 4.98 Å². The second kappa shape index (κ2) is 4.97. The zero-order chi connectivity index (χ0) is 13.2. The van der Waals surface area contributed by atoms with Crippen molar-refractivity contribution in [3.8, 4) is 0 Å². The first-order valence-electron chi connectivity index (χ1n) is 4.84. The molecule has 1 unspecified atom stereocenters. The van der Waals surface area contributed by atoms with E-state index in [1.54, 1.807) is 6.92 Å². The van der Waals surface area contributed by atoms with Gasteiger partial charge in [0.15, 0.2) is 9.84 Å². The number of hydrogen-bond donors (Lipinski definition) is 0. The molecule has 0 aliphatic heterocycles. The monoisotopic (exact) mass is 278 g/mol. The van der Waals surface area contributed by atoms with Crippen LogP contribution in [0, 0.1) is 10.1 Å². The van der Waals surface area contributed by atoms with Crippen LogP contribution in [0.2, 0.25) is 5.15 Å². The van der Waals surface area contributed by atoms with Crippen molar-refractivity contribution >= 4 is 27.1 Å². The van der Waals surface area contributed by atoms with Gasteiger partial charge in [-0.2, -0.15) is 0 Å². The molecule has 0 aliphatic rings. The molecule has 0 radical (unpaired) electrons. The molecular weight excluding hydrogens is 268 g/mol.